The minimum atomic E-state index is -0.108. The normalized spacial score (nSPS) is 15.8. The average molecular weight is 459 g/mol. The van der Waals surface area contributed by atoms with Gasteiger partial charge in [0.05, 0.1) is 0 Å². The molecule has 0 spiro atoms. The van der Waals surface area contributed by atoms with Crippen molar-refractivity contribution in [1.82, 2.24) is 0 Å². The highest BCUT2D eigenvalue weighted by molar-refractivity contribution is 14.1. The molecule has 2 heterocycles. The molecule has 0 aliphatic carbocycles. The second-order valence-electron chi connectivity index (χ2n) is 6.37. The van der Waals surface area contributed by atoms with E-state index < -0.39 is 0 Å². The topological polar surface area (TPSA) is 42.7 Å². The van der Waals surface area contributed by atoms with E-state index in [0.29, 0.717) is 18.1 Å². The van der Waals surface area contributed by atoms with Crippen molar-refractivity contribution in [1.29, 1.82) is 0 Å². The Balaban J connectivity index is 1.47. The standard InChI is InChI=1S/C21H18INO3/c1-14-12-15-4-2-3-5-19(15)23(14)21(24)20-11-10-18(26-20)13-25-17-8-6-16(22)7-9-17/h2-11,14H,12-13H2,1H3/t14-/m0/s1. The van der Waals surface area contributed by atoms with E-state index in [2.05, 4.69) is 35.6 Å². The number of ether oxygens (including phenoxy) is 1. The molecule has 1 aliphatic heterocycles. The maximum Gasteiger partial charge on any atom is 0.294 e. The number of anilines is 1. The number of hydrogen-bond donors (Lipinski definition) is 0. The molecule has 26 heavy (non-hydrogen) atoms. The Labute approximate surface area is 165 Å². The maximum atomic E-state index is 12.9. The van der Waals surface area contributed by atoms with Crippen molar-refractivity contribution in [3.8, 4) is 5.75 Å². The van der Waals surface area contributed by atoms with Gasteiger partial charge in [-0.2, -0.15) is 0 Å². The Kier molecular flexibility index (Phi) is 4.72. The van der Waals surface area contributed by atoms with Gasteiger partial charge in [0.25, 0.3) is 5.91 Å². The fourth-order valence-corrected chi connectivity index (χ4v) is 3.61. The monoisotopic (exact) mass is 459 g/mol. The van der Waals surface area contributed by atoms with E-state index in [4.69, 9.17) is 9.15 Å². The first-order valence-corrected chi connectivity index (χ1v) is 9.58. The predicted molar refractivity (Wildman–Crippen MR) is 109 cm³/mol. The Morgan fingerprint density at radius 1 is 1.15 bits per heavy atom. The second kappa shape index (κ2) is 7.15. The summed E-state index contributed by atoms with van der Waals surface area (Å²) >= 11 is 2.25. The van der Waals surface area contributed by atoms with Gasteiger partial charge in [-0.25, -0.2) is 0 Å². The molecule has 4 rings (SSSR count). The molecule has 0 saturated carbocycles. The minimum absolute atomic E-state index is 0.108. The van der Waals surface area contributed by atoms with Crippen LogP contribution < -0.4 is 9.64 Å². The maximum absolute atomic E-state index is 12.9. The van der Waals surface area contributed by atoms with Gasteiger partial charge in [-0.3, -0.25) is 4.79 Å². The van der Waals surface area contributed by atoms with Gasteiger partial charge in [-0.15, -0.1) is 0 Å². The number of carbonyl (C=O) groups excluding carboxylic acids is 1. The molecule has 0 bridgehead atoms. The van der Waals surface area contributed by atoms with Crippen LogP contribution in [0.4, 0.5) is 5.69 Å². The summed E-state index contributed by atoms with van der Waals surface area (Å²) in [5.41, 5.74) is 2.17. The molecule has 1 amide bonds. The van der Waals surface area contributed by atoms with E-state index in [1.807, 2.05) is 47.4 Å². The van der Waals surface area contributed by atoms with Crippen molar-refractivity contribution in [3.63, 3.8) is 0 Å². The fraction of sp³-hybridized carbons (Fsp3) is 0.190. The first-order valence-electron chi connectivity index (χ1n) is 8.50. The number of carbonyl (C=O) groups is 1. The van der Waals surface area contributed by atoms with Gasteiger partial charge < -0.3 is 14.1 Å². The van der Waals surface area contributed by atoms with Crippen molar-refractivity contribution in [2.45, 2.75) is 26.0 Å². The summed E-state index contributed by atoms with van der Waals surface area (Å²) in [4.78, 5) is 14.8. The number of rotatable bonds is 4. The number of benzene rings is 2. The quantitative estimate of drug-likeness (QED) is 0.513. The molecule has 2 aromatic carbocycles. The van der Waals surface area contributed by atoms with Crippen LogP contribution in [0.25, 0.3) is 0 Å². The molecule has 0 radical (unpaired) electrons. The largest absolute Gasteiger partial charge is 0.486 e. The van der Waals surface area contributed by atoms with Gasteiger partial charge in [0, 0.05) is 15.3 Å². The minimum Gasteiger partial charge on any atom is -0.486 e. The molecule has 5 heteroatoms. The Morgan fingerprint density at radius 2 is 1.92 bits per heavy atom. The lowest BCUT2D eigenvalue weighted by molar-refractivity contribution is 0.0950. The van der Waals surface area contributed by atoms with Crippen LogP contribution in [0.3, 0.4) is 0 Å². The zero-order chi connectivity index (χ0) is 18.1. The zero-order valence-electron chi connectivity index (χ0n) is 14.3. The first kappa shape index (κ1) is 17.1. The summed E-state index contributed by atoms with van der Waals surface area (Å²) in [5.74, 6) is 1.64. The smallest absolute Gasteiger partial charge is 0.294 e. The number of hydrogen-bond acceptors (Lipinski definition) is 3. The first-order chi connectivity index (χ1) is 12.6. The van der Waals surface area contributed by atoms with Crippen molar-refractivity contribution in [2.75, 3.05) is 4.90 Å². The third-order valence-corrected chi connectivity index (χ3v) is 5.21. The molecule has 0 fully saturated rings. The molecule has 1 atom stereocenters. The van der Waals surface area contributed by atoms with E-state index in [-0.39, 0.29) is 11.9 Å². The Morgan fingerprint density at radius 3 is 2.73 bits per heavy atom. The predicted octanol–water partition coefficient (Wildman–Crippen LogP) is 5.05. The van der Waals surface area contributed by atoms with E-state index in [0.717, 1.165) is 21.4 Å². The third kappa shape index (κ3) is 3.35. The van der Waals surface area contributed by atoms with Crippen molar-refractivity contribution in [2.24, 2.45) is 0 Å². The number of fused-ring (bicyclic) bond motifs is 1. The summed E-state index contributed by atoms with van der Waals surface area (Å²) in [6.45, 7) is 2.35. The number of furan rings is 1. The van der Waals surface area contributed by atoms with Crippen molar-refractivity contribution < 1.29 is 13.9 Å². The van der Waals surface area contributed by atoms with Crippen LogP contribution in [-0.4, -0.2) is 11.9 Å². The third-order valence-electron chi connectivity index (χ3n) is 4.49. The average Bonchev–Trinajstić information content (AvgIpc) is 3.24. The molecule has 0 N–H and O–H groups in total. The lowest BCUT2D eigenvalue weighted by atomic mass is 10.1. The van der Waals surface area contributed by atoms with Crippen LogP contribution in [0.1, 0.15) is 28.8 Å². The second-order valence-corrected chi connectivity index (χ2v) is 7.61. The van der Waals surface area contributed by atoms with Gasteiger partial charge in [-0.05, 0) is 84.0 Å². The number of halogens is 1. The molecule has 4 nitrogen and oxygen atoms in total. The highest BCUT2D eigenvalue weighted by Crippen LogP contribution is 2.33. The van der Waals surface area contributed by atoms with Crippen LogP contribution in [-0.2, 0) is 13.0 Å². The summed E-state index contributed by atoms with van der Waals surface area (Å²) in [6, 6.07) is 19.5. The molecule has 3 aromatic rings. The Bertz CT molecular complexity index is 932. The molecule has 132 valence electrons. The van der Waals surface area contributed by atoms with Crippen LogP contribution in [0, 0.1) is 3.57 Å². The fourth-order valence-electron chi connectivity index (χ4n) is 3.25. The van der Waals surface area contributed by atoms with E-state index in [1.165, 1.54) is 5.56 Å². The van der Waals surface area contributed by atoms with Crippen LogP contribution >= 0.6 is 22.6 Å². The van der Waals surface area contributed by atoms with Gasteiger partial charge >= 0.3 is 0 Å². The summed E-state index contributed by atoms with van der Waals surface area (Å²) in [7, 11) is 0. The highest BCUT2D eigenvalue weighted by Gasteiger charge is 2.32. The number of para-hydroxylation sites is 1. The van der Waals surface area contributed by atoms with E-state index in [1.54, 1.807) is 12.1 Å². The molecular formula is C21H18INO3. The van der Waals surface area contributed by atoms with E-state index >= 15 is 0 Å². The molecule has 0 saturated heterocycles. The molecule has 0 unspecified atom stereocenters. The highest BCUT2D eigenvalue weighted by atomic mass is 127. The van der Waals surface area contributed by atoms with Gasteiger partial charge in [-0.1, -0.05) is 18.2 Å². The van der Waals surface area contributed by atoms with Crippen LogP contribution in [0.2, 0.25) is 0 Å². The summed E-state index contributed by atoms with van der Waals surface area (Å²) in [6.07, 6.45) is 0.866. The van der Waals surface area contributed by atoms with Crippen LogP contribution in [0.15, 0.2) is 65.1 Å². The Hall–Kier alpha value is -2.28. The van der Waals surface area contributed by atoms with Gasteiger partial charge in [0.1, 0.15) is 18.1 Å². The molecule has 1 aromatic heterocycles. The van der Waals surface area contributed by atoms with Gasteiger partial charge in [0.2, 0.25) is 0 Å². The number of amides is 1. The SMILES string of the molecule is C[C@H]1Cc2ccccc2N1C(=O)c1ccc(COc2ccc(I)cc2)o1. The van der Waals surface area contributed by atoms with Crippen molar-refractivity contribution >= 4 is 34.2 Å². The molecule has 1 aliphatic rings. The number of nitrogens with zero attached hydrogens (tertiary/aromatic N) is 1. The lowest BCUT2D eigenvalue weighted by Crippen LogP contribution is -2.35. The van der Waals surface area contributed by atoms with Gasteiger partial charge in [0.15, 0.2) is 5.76 Å². The summed E-state index contributed by atoms with van der Waals surface area (Å²) < 4.78 is 12.6. The van der Waals surface area contributed by atoms with Crippen molar-refractivity contribution in [3.05, 3.63) is 81.3 Å². The summed E-state index contributed by atoms with van der Waals surface area (Å²) in [5, 5.41) is 0. The molecular weight excluding hydrogens is 441 g/mol. The van der Waals surface area contributed by atoms with Crippen LogP contribution in [0.5, 0.6) is 5.75 Å². The zero-order valence-corrected chi connectivity index (χ0v) is 16.5. The van der Waals surface area contributed by atoms with E-state index in [9.17, 15) is 4.79 Å². The lowest BCUT2D eigenvalue weighted by Gasteiger charge is -2.21.